The van der Waals surface area contributed by atoms with Gasteiger partial charge in [-0.15, -0.1) is 0 Å². The van der Waals surface area contributed by atoms with Crippen LogP contribution in [0.25, 0.3) is 21.5 Å². The molecule has 5 aromatic carbocycles. The molecule has 0 saturated carbocycles. The molecule has 59 heavy (non-hydrogen) atoms. The van der Waals surface area contributed by atoms with Crippen LogP contribution in [0.3, 0.4) is 0 Å². The fraction of sp³-hybridized carbons (Fsp3) is 0.340. The molecule has 0 spiro atoms. The second kappa shape index (κ2) is 22.2. The number of nitrogens with zero attached hydrogens (tertiary/aromatic N) is 1. The lowest BCUT2D eigenvalue weighted by atomic mass is 9.98. The second-order valence-corrected chi connectivity index (χ2v) is 15.1. The normalized spacial score (nSPS) is 13.2. The van der Waals surface area contributed by atoms with Gasteiger partial charge < -0.3 is 38.1 Å². The van der Waals surface area contributed by atoms with Gasteiger partial charge in [0.25, 0.3) is 0 Å². The van der Waals surface area contributed by atoms with E-state index in [1.165, 1.54) is 4.90 Å². The van der Waals surface area contributed by atoms with Crippen molar-refractivity contribution in [3.05, 3.63) is 132 Å². The maximum atomic E-state index is 14.6. The van der Waals surface area contributed by atoms with E-state index in [2.05, 4.69) is 16.0 Å². The summed E-state index contributed by atoms with van der Waals surface area (Å²) in [4.78, 5) is 70.6. The number of carbonyl (C=O) groups excluding carboxylic acids is 5. The van der Waals surface area contributed by atoms with Crippen LogP contribution in [0.2, 0.25) is 0 Å². The average Bonchev–Trinajstić information content (AvgIpc) is 3.24. The Hall–Kier alpha value is -6.11. The third-order valence-electron chi connectivity index (χ3n) is 10.7. The first-order valence-electron chi connectivity index (χ1n) is 20.4. The van der Waals surface area contributed by atoms with Crippen LogP contribution in [0.4, 0.5) is 0 Å². The highest BCUT2D eigenvalue weighted by Gasteiger charge is 2.33. The van der Waals surface area contributed by atoms with Crippen LogP contribution in [0.15, 0.2) is 115 Å². The van der Waals surface area contributed by atoms with E-state index in [1.54, 1.807) is 7.05 Å². The quantitative estimate of drug-likeness (QED) is 0.0567. The fourth-order valence-corrected chi connectivity index (χ4v) is 7.23. The smallest absolute Gasteiger partial charge is 0.243 e. The van der Waals surface area contributed by atoms with Crippen LogP contribution in [0.5, 0.6) is 0 Å². The van der Waals surface area contributed by atoms with Gasteiger partial charge >= 0.3 is 0 Å². The number of likely N-dealkylation sites (N-methyl/N-ethyl adjacent to an activating group) is 1. The third kappa shape index (κ3) is 12.9. The zero-order valence-corrected chi connectivity index (χ0v) is 33.8. The summed E-state index contributed by atoms with van der Waals surface area (Å²) in [5.41, 5.74) is 19.4. The Morgan fingerprint density at radius 1 is 0.525 bits per heavy atom. The van der Waals surface area contributed by atoms with E-state index >= 15 is 0 Å². The Kier molecular flexibility index (Phi) is 16.5. The maximum absolute atomic E-state index is 14.6. The lowest BCUT2D eigenvalue weighted by Gasteiger charge is -2.30. The molecule has 12 heteroatoms. The summed E-state index contributed by atoms with van der Waals surface area (Å²) < 4.78 is 0. The SMILES string of the molecule is CN(C(=O)CCCCN)[C@H](Cc1ccc2ccccc2c1)C(=O)N[C@H](Cc1ccc2ccccc2c1)C(=O)N[C@@H](Cc1ccccc1)C(=O)N[C@@H](CCCCN)C(N)=O. The molecule has 0 unspecified atom stereocenters. The first kappa shape index (κ1) is 44.0. The number of hydrogen-bond donors (Lipinski definition) is 6. The van der Waals surface area contributed by atoms with E-state index in [4.69, 9.17) is 17.2 Å². The van der Waals surface area contributed by atoms with Crippen molar-refractivity contribution >= 4 is 51.1 Å². The van der Waals surface area contributed by atoms with Crippen LogP contribution in [0.1, 0.15) is 55.2 Å². The molecule has 0 radical (unpaired) electrons. The zero-order chi connectivity index (χ0) is 42.1. The number of hydrogen-bond acceptors (Lipinski definition) is 7. The number of primary amides is 1. The number of carbonyl (C=O) groups is 5. The number of fused-ring (bicyclic) bond motifs is 2. The Morgan fingerprint density at radius 3 is 1.56 bits per heavy atom. The lowest BCUT2D eigenvalue weighted by molar-refractivity contribution is -0.140. The van der Waals surface area contributed by atoms with Crippen molar-refractivity contribution in [2.75, 3.05) is 20.1 Å². The number of rotatable bonds is 22. The molecule has 4 atom stereocenters. The van der Waals surface area contributed by atoms with Crippen LogP contribution in [-0.2, 0) is 43.2 Å². The van der Waals surface area contributed by atoms with E-state index in [0.29, 0.717) is 45.2 Å². The van der Waals surface area contributed by atoms with Gasteiger partial charge in [-0.2, -0.15) is 0 Å². The van der Waals surface area contributed by atoms with Crippen molar-refractivity contribution in [2.45, 2.75) is 82.0 Å². The molecule has 12 nitrogen and oxygen atoms in total. The Balaban J connectivity index is 1.47. The van der Waals surface area contributed by atoms with Crippen LogP contribution in [0, 0.1) is 0 Å². The highest BCUT2D eigenvalue weighted by atomic mass is 16.2. The minimum absolute atomic E-state index is 0.0853. The molecular formula is C47H57N7O5. The first-order valence-corrected chi connectivity index (χ1v) is 20.4. The zero-order valence-electron chi connectivity index (χ0n) is 33.8. The fourth-order valence-electron chi connectivity index (χ4n) is 7.23. The monoisotopic (exact) mass is 799 g/mol. The molecule has 0 fully saturated rings. The number of amides is 5. The Labute approximate surface area is 346 Å². The topological polar surface area (TPSA) is 203 Å². The number of unbranched alkanes of at least 4 members (excludes halogenated alkanes) is 2. The number of nitrogens with one attached hydrogen (secondary N) is 3. The molecule has 0 heterocycles. The van der Waals surface area contributed by atoms with Crippen LogP contribution < -0.4 is 33.2 Å². The minimum atomic E-state index is -1.16. The minimum Gasteiger partial charge on any atom is -0.368 e. The van der Waals surface area contributed by atoms with Crippen molar-refractivity contribution in [1.82, 2.24) is 20.9 Å². The molecule has 0 saturated heterocycles. The predicted octanol–water partition coefficient (Wildman–Crippen LogP) is 4.05. The summed E-state index contributed by atoms with van der Waals surface area (Å²) in [7, 11) is 1.61. The van der Waals surface area contributed by atoms with E-state index in [1.807, 2.05) is 115 Å². The highest BCUT2D eigenvalue weighted by Crippen LogP contribution is 2.20. The standard InChI is InChI=1S/C47H57N7O5/c1-54(43(55)20-10-12-26-49)42(31-34-22-24-36-16-6-8-18-38(36)28-34)47(59)53-41(30-33-21-23-35-15-5-7-17-37(35)27-33)46(58)52-40(29-32-13-3-2-4-14-32)45(57)51-39(44(50)56)19-9-11-25-48/h2-8,13-18,21-24,27-28,39-42H,9-12,19-20,25-26,29-31,48-49H2,1H3,(H2,50,56)(H,51,57)(H,52,58)(H,53,59)/t39-,40-,41+,42+/m0/s1. The van der Waals surface area contributed by atoms with Gasteiger partial charge in [-0.05, 0) is 83.4 Å². The molecule has 0 aromatic heterocycles. The lowest BCUT2D eigenvalue weighted by Crippen LogP contribution is -2.59. The van der Waals surface area contributed by atoms with Gasteiger partial charge in [0.1, 0.15) is 24.2 Å². The van der Waals surface area contributed by atoms with Gasteiger partial charge in [0.15, 0.2) is 0 Å². The van der Waals surface area contributed by atoms with Gasteiger partial charge in [-0.25, -0.2) is 0 Å². The van der Waals surface area contributed by atoms with Gasteiger partial charge in [-0.1, -0.05) is 115 Å². The molecule has 310 valence electrons. The summed E-state index contributed by atoms with van der Waals surface area (Å²) in [6.45, 7) is 0.877. The number of nitrogens with two attached hydrogens (primary N) is 3. The highest BCUT2D eigenvalue weighted by molar-refractivity contribution is 5.96. The number of benzene rings is 5. The maximum Gasteiger partial charge on any atom is 0.243 e. The van der Waals surface area contributed by atoms with Gasteiger partial charge in [-0.3, -0.25) is 24.0 Å². The molecule has 0 bridgehead atoms. The van der Waals surface area contributed by atoms with Crippen molar-refractivity contribution < 1.29 is 24.0 Å². The summed E-state index contributed by atoms with van der Waals surface area (Å²) in [6.07, 6.45) is 3.35. The molecule has 0 aliphatic rings. The van der Waals surface area contributed by atoms with E-state index in [9.17, 15) is 24.0 Å². The molecule has 5 aromatic rings. The van der Waals surface area contributed by atoms with Crippen molar-refractivity contribution in [3.63, 3.8) is 0 Å². The van der Waals surface area contributed by atoms with Gasteiger partial charge in [0.2, 0.25) is 29.5 Å². The predicted molar refractivity (Wildman–Crippen MR) is 233 cm³/mol. The largest absolute Gasteiger partial charge is 0.368 e. The summed E-state index contributed by atoms with van der Waals surface area (Å²) in [5.74, 6) is -2.63. The third-order valence-corrected chi connectivity index (χ3v) is 10.7. The van der Waals surface area contributed by atoms with Crippen LogP contribution >= 0.6 is 0 Å². The summed E-state index contributed by atoms with van der Waals surface area (Å²) in [6, 6.07) is 32.5. The molecule has 0 aliphatic heterocycles. The molecule has 5 amide bonds. The summed E-state index contributed by atoms with van der Waals surface area (Å²) in [5, 5.41) is 12.7. The summed E-state index contributed by atoms with van der Waals surface area (Å²) >= 11 is 0. The first-order chi connectivity index (χ1) is 28.6. The molecule has 9 N–H and O–H groups in total. The molecular weight excluding hydrogens is 743 g/mol. The van der Waals surface area contributed by atoms with Crippen molar-refractivity contribution in [2.24, 2.45) is 17.2 Å². The van der Waals surface area contributed by atoms with Gasteiger partial charge in [0, 0.05) is 32.7 Å². The van der Waals surface area contributed by atoms with Crippen molar-refractivity contribution in [3.8, 4) is 0 Å². The Bertz CT molecular complexity index is 2200. The second-order valence-electron chi connectivity index (χ2n) is 15.1. The van der Waals surface area contributed by atoms with E-state index in [-0.39, 0.29) is 31.6 Å². The van der Waals surface area contributed by atoms with Crippen molar-refractivity contribution in [1.29, 1.82) is 0 Å². The van der Waals surface area contributed by atoms with E-state index in [0.717, 1.165) is 38.2 Å². The van der Waals surface area contributed by atoms with Crippen LogP contribution in [-0.4, -0.2) is 78.7 Å². The molecule has 0 aliphatic carbocycles. The average molecular weight is 800 g/mol. The van der Waals surface area contributed by atoms with E-state index < -0.39 is 47.8 Å². The Morgan fingerprint density at radius 2 is 1.00 bits per heavy atom. The van der Waals surface area contributed by atoms with Gasteiger partial charge in [0.05, 0.1) is 0 Å². The molecule has 5 rings (SSSR count).